The van der Waals surface area contributed by atoms with Gasteiger partial charge in [-0.15, -0.1) is 18.2 Å². The Kier molecular flexibility index (Phi) is 5.20. The molecule has 0 aromatic heterocycles. The molecule has 0 spiro atoms. The minimum Gasteiger partial charge on any atom is -0.373 e. The highest BCUT2D eigenvalue weighted by Gasteiger charge is 2.13. The Morgan fingerprint density at radius 2 is 1.74 bits per heavy atom. The molecule has 0 saturated carbocycles. The maximum atomic E-state index is 6.57. The van der Waals surface area contributed by atoms with Gasteiger partial charge >= 0.3 is 0 Å². The highest BCUT2D eigenvalue weighted by molar-refractivity contribution is 6.22. The third kappa shape index (κ3) is 3.69. The molecule has 1 nitrogen and oxygen atoms in total. The third-order valence-electron chi connectivity index (χ3n) is 2.91. The zero-order chi connectivity index (χ0) is 13.5. The second-order valence-electron chi connectivity index (χ2n) is 4.28. The van der Waals surface area contributed by atoms with Crippen LogP contribution in [0.3, 0.4) is 0 Å². The van der Waals surface area contributed by atoms with Crippen LogP contribution < -0.4 is 0 Å². The van der Waals surface area contributed by atoms with Crippen LogP contribution in [0.5, 0.6) is 0 Å². The third-order valence-corrected chi connectivity index (χ3v) is 3.40. The molecule has 1 atom stereocenters. The molecule has 0 saturated heterocycles. The van der Waals surface area contributed by atoms with Gasteiger partial charge in [-0.2, -0.15) is 0 Å². The summed E-state index contributed by atoms with van der Waals surface area (Å²) in [5.41, 5.74) is 3.31. The van der Waals surface area contributed by atoms with Crippen LogP contribution in [0, 0.1) is 0 Å². The maximum absolute atomic E-state index is 6.57. The van der Waals surface area contributed by atoms with Gasteiger partial charge in [-0.3, -0.25) is 0 Å². The van der Waals surface area contributed by atoms with Crippen LogP contribution in [0.2, 0.25) is 0 Å². The van der Waals surface area contributed by atoms with E-state index in [4.69, 9.17) is 16.3 Å². The fraction of sp³-hybridized carbons (Fsp3) is 0.176. The van der Waals surface area contributed by atoms with Crippen LogP contribution in [0.15, 0.2) is 67.3 Å². The van der Waals surface area contributed by atoms with E-state index in [0.29, 0.717) is 13.2 Å². The Bertz CT molecular complexity index is 522. The van der Waals surface area contributed by atoms with Crippen LogP contribution in [0.25, 0.3) is 0 Å². The van der Waals surface area contributed by atoms with E-state index in [1.165, 1.54) is 0 Å². The Hall–Kier alpha value is -1.57. The quantitative estimate of drug-likeness (QED) is 0.420. The highest BCUT2D eigenvalue weighted by Crippen LogP contribution is 2.31. The minimum atomic E-state index is -0.148. The smallest absolute Gasteiger partial charge is 0.0838 e. The molecular formula is C17H17ClO. The van der Waals surface area contributed by atoms with Crippen molar-refractivity contribution in [3.63, 3.8) is 0 Å². The number of alkyl halides is 1. The Morgan fingerprint density at radius 1 is 1.05 bits per heavy atom. The average Bonchev–Trinajstić information content (AvgIpc) is 2.48. The van der Waals surface area contributed by atoms with Crippen LogP contribution in [0.1, 0.15) is 22.1 Å². The lowest BCUT2D eigenvalue weighted by molar-refractivity contribution is 0.148. The van der Waals surface area contributed by atoms with Crippen LogP contribution in [-0.2, 0) is 11.3 Å². The van der Waals surface area contributed by atoms with Gasteiger partial charge < -0.3 is 4.74 Å². The van der Waals surface area contributed by atoms with E-state index in [-0.39, 0.29) is 5.38 Å². The van der Waals surface area contributed by atoms with Crippen LogP contribution in [-0.4, -0.2) is 6.61 Å². The van der Waals surface area contributed by atoms with Gasteiger partial charge in [0.2, 0.25) is 0 Å². The largest absolute Gasteiger partial charge is 0.373 e. The summed E-state index contributed by atoms with van der Waals surface area (Å²) in [4.78, 5) is 0. The standard InChI is InChI=1S/C17H17ClO/c1-2-12-19-13-15-10-6-7-11-16(15)17(18)14-8-4-3-5-9-14/h2-11,17H,1,12-13H2. The number of benzene rings is 2. The van der Waals surface area contributed by atoms with Gasteiger partial charge in [0.25, 0.3) is 0 Å². The molecule has 19 heavy (non-hydrogen) atoms. The lowest BCUT2D eigenvalue weighted by atomic mass is 9.99. The molecule has 2 rings (SSSR count). The van der Waals surface area contributed by atoms with Gasteiger partial charge in [0.15, 0.2) is 0 Å². The molecule has 2 aromatic carbocycles. The van der Waals surface area contributed by atoms with Gasteiger partial charge in [-0.05, 0) is 16.7 Å². The molecule has 98 valence electrons. The van der Waals surface area contributed by atoms with Gasteiger partial charge in [-0.25, -0.2) is 0 Å². The predicted octanol–water partition coefficient (Wildman–Crippen LogP) is 4.72. The lowest BCUT2D eigenvalue weighted by Crippen LogP contribution is -2.01. The Morgan fingerprint density at radius 3 is 2.47 bits per heavy atom. The molecule has 2 aromatic rings. The number of hydrogen-bond donors (Lipinski definition) is 0. The molecule has 0 bridgehead atoms. The van der Waals surface area contributed by atoms with Crippen LogP contribution in [0.4, 0.5) is 0 Å². The van der Waals surface area contributed by atoms with E-state index < -0.39 is 0 Å². The molecule has 0 fully saturated rings. The number of ether oxygens (including phenoxy) is 1. The van der Waals surface area contributed by atoms with Crippen molar-refractivity contribution in [3.8, 4) is 0 Å². The summed E-state index contributed by atoms with van der Waals surface area (Å²) in [5.74, 6) is 0. The van der Waals surface area contributed by atoms with Gasteiger partial charge in [0, 0.05) is 0 Å². The first kappa shape index (κ1) is 13.9. The summed E-state index contributed by atoms with van der Waals surface area (Å²) in [6.45, 7) is 4.75. The number of hydrogen-bond acceptors (Lipinski definition) is 1. The van der Waals surface area contributed by atoms with Crippen molar-refractivity contribution in [3.05, 3.63) is 83.9 Å². The minimum absolute atomic E-state index is 0.148. The van der Waals surface area contributed by atoms with Crippen molar-refractivity contribution in [2.45, 2.75) is 12.0 Å². The van der Waals surface area contributed by atoms with E-state index in [0.717, 1.165) is 16.7 Å². The summed E-state index contributed by atoms with van der Waals surface area (Å²) in [5, 5.41) is -0.148. The van der Waals surface area contributed by atoms with Crippen LogP contribution >= 0.6 is 11.6 Å². The van der Waals surface area contributed by atoms with E-state index in [9.17, 15) is 0 Å². The van der Waals surface area contributed by atoms with Crippen molar-refractivity contribution < 1.29 is 4.74 Å². The van der Waals surface area contributed by atoms with E-state index >= 15 is 0 Å². The summed E-state index contributed by atoms with van der Waals surface area (Å²) in [7, 11) is 0. The van der Waals surface area contributed by atoms with Gasteiger partial charge in [-0.1, -0.05) is 60.7 Å². The SMILES string of the molecule is C=CCOCc1ccccc1C(Cl)c1ccccc1. The topological polar surface area (TPSA) is 9.23 Å². The summed E-state index contributed by atoms with van der Waals surface area (Å²) >= 11 is 6.57. The Labute approximate surface area is 119 Å². The average molecular weight is 273 g/mol. The zero-order valence-electron chi connectivity index (χ0n) is 10.8. The normalized spacial score (nSPS) is 12.1. The molecule has 0 N–H and O–H groups in total. The molecule has 0 radical (unpaired) electrons. The molecule has 0 heterocycles. The lowest BCUT2D eigenvalue weighted by Gasteiger charge is -2.15. The van der Waals surface area contributed by atoms with Crippen molar-refractivity contribution in [2.24, 2.45) is 0 Å². The van der Waals surface area contributed by atoms with Crippen molar-refractivity contribution >= 4 is 11.6 Å². The predicted molar refractivity (Wildman–Crippen MR) is 80.4 cm³/mol. The molecule has 0 aliphatic carbocycles. The maximum Gasteiger partial charge on any atom is 0.0838 e. The van der Waals surface area contributed by atoms with E-state index in [1.807, 2.05) is 42.5 Å². The molecular weight excluding hydrogens is 256 g/mol. The second-order valence-corrected chi connectivity index (χ2v) is 4.71. The van der Waals surface area contributed by atoms with Crippen molar-refractivity contribution in [1.29, 1.82) is 0 Å². The fourth-order valence-corrected chi connectivity index (χ4v) is 2.33. The molecule has 1 unspecified atom stereocenters. The molecule has 0 aliphatic heterocycles. The number of halogens is 1. The van der Waals surface area contributed by atoms with E-state index in [1.54, 1.807) is 6.08 Å². The van der Waals surface area contributed by atoms with Crippen molar-refractivity contribution in [2.75, 3.05) is 6.61 Å². The highest BCUT2D eigenvalue weighted by atomic mass is 35.5. The summed E-state index contributed by atoms with van der Waals surface area (Å²) in [6, 6.07) is 18.2. The Balaban J connectivity index is 2.21. The van der Waals surface area contributed by atoms with Gasteiger partial charge in [0.1, 0.15) is 0 Å². The molecule has 0 aliphatic rings. The fourth-order valence-electron chi connectivity index (χ4n) is 1.97. The van der Waals surface area contributed by atoms with Crippen molar-refractivity contribution in [1.82, 2.24) is 0 Å². The van der Waals surface area contributed by atoms with Gasteiger partial charge in [0.05, 0.1) is 18.6 Å². The zero-order valence-corrected chi connectivity index (χ0v) is 11.5. The first-order valence-corrected chi connectivity index (χ1v) is 6.72. The summed E-state index contributed by atoms with van der Waals surface area (Å²) < 4.78 is 5.52. The first-order chi connectivity index (χ1) is 9.33. The first-order valence-electron chi connectivity index (χ1n) is 6.28. The number of rotatable bonds is 6. The molecule has 2 heteroatoms. The van der Waals surface area contributed by atoms with E-state index in [2.05, 4.69) is 18.7 Å². The second kappa shape index (κ2) is 7.13. The summed E-state index contributed by atoms with van der Waals surface area (Å²) in [6.07, 6.45) is 1.75. The monoisotopic (exact) mass is 272 g/mol. The molecule has 0 amide bonds.